The van der Waals surface area contributed by atoms with Crippen molar-refractivity contribution < 1.29 is 9.90 Å². The molecule has 0 radical (unpaired) electrons. The van der Waals surface area contributed by atoms with Crippen LogP contribution in [0.2, 0.25) is 0 Å². The Morgan fingerprint density at radius 3 is 2.50 bits per heavy atom. The Morgan fingerprint density at radius 2 is 1.88 bits per heavy atom. The summed E-state index contributed by atoms with van der Waals surface area (Å²) in [6.07, 6.45) is 3.29. The Labute approximate surface area is 96.6 Å². The van der Waals surface area contributed by atoms with Crippen molar-refractivity contribution in [3.63, 3.8) is 0 Å². The third kappa shape index (κ3) is 3.89. The van der Waals surface area contributed by atoms with Gasteiger partial charge in [-0.2, -0.15) is 0 Å². The van der Waals surface area contributed by atoms with Gasteiger partial charge >= 0.3 is 0 Å². The molecule has 0 amide bonds. The number of ketones is 1. The molecule has 1 N–H and O–H groups in total. The van der Waals surface area contributed by atoms with Crippen LogP contribution >= 0.6 is 0 Å². The van der Waals surface area contributed by atoms with Gasteiger partial charge in [0.2, 0.25) is 0 Å². The molecule has 0 unspecified atom stereocenters. The van der Waals surface area contributed by atoms with Gasteiger partial charge in [0.1, 0.15) is 5.75 Å². The van der Waals surface area contributed by atoms with Gasteiger partial charge in [-0.15, -0.1) is 6.58 Å². The number of Topliss-reactive ketones (excluding diaryl/α,β-unsaturated/α-hetero) is 1. The molecule has 0 fully saturated rings. The van der Waals surface area contributed by atoms with Gasteiger partial charge in [0.05, 0.1) is 5.56 Å². The lowest BCUT2D eigenvalue weighted by atomic mass is 10.0. The second-order valence-electron chi connectivity index (χ2n) is 4.10. The summed E-state index contributed by atoms with van der Waals surface area (Å²) >= 11 is 0. The molecule has 0 spiro atoms. The van der Waals surface area contributed by atoms with Crippen molar-refractivity contribution in [3.05, 3.63) is 42.0 Å². The molecule has 0 bridgehead atoms. The highest BCUT2D eigenvalue weighted by atomic mass is 16.3. The second-order valence-corrected chi connectivity index (χ2v) is 4.10. The first-order valence-electron chi connectivity index (χ1n) is 5.57. The number of carbonyl (C=O) groups excluding carboxylic acids is 1. The third-order valence-corrected chi connectivity index (χ3v) is 2.46. The molecule has 0 aliphatic heterocycles. The number of hydrogen-bond acceptors (Lipinski definition) is 2. The van der Waals surface area contributed by atoms with Crippen LogP contribution in [0, 0.1) is 0 Å². The van der Waals surface area contributed by atoms with E-state index in [2.05, 4.69) is 6.58 Å². The Hall–Kier alpha value is -1.57. The fourth-order valence-electron chi connectivity index (χ4n) is 1.56. The number of aromatic hydroxyl groups is 1. The molecule has 0 aromatic heterocycles. The van der Waals surface area contributed by atoms with E-state index in [9.17, 15) is 9.90 Å². The van der Waals surface area contributed by atoms with Crippen LogP contribution in [0.4, 0.5) is 0 Å². The van der Waals surface area contributed by atoms with Gasteiger partial charge in [-0.25, -0.2) is 0 Å². The van der Waals surface area contributed by atoms with Gasteiger partial charge in [-0.05, 0) is 38.3 Å². The normalized spacial score (nSPS) is 10.1. The molecule has 2 heteroatoms. The first kappa shape index (κ1) is 12.5. The number of allylic oxidation sites excluding steroid dienone is 1. The maximum absolute atomic E-state index is 11.7. The Balaban J connectivity index is 2.41. The lowest BCUT2D eigenvalue weighted by Crippen LogP contribution is -1.99. The van der Waals surface area contributed by atoms with Gasteiger partial charge in [0.15, 0.2) is 5.78 Å². The lowest BCUT2D eigenvalue weighted by molar-refractivity contribution is 0.0977. The number of phenolic OH excluding ortho intramolecular Hbond substituents is 1. The van der Waals surface area contributed by atoms with Crippen LogP contribution < -0.4 is 0 Å². The number of benzene rings is 1. The van der Waals surface area contributed by atoms with Crippen LogP contribution in [-0.4, -0.2) is 10.9 Å². The van der Waals surface area contributed by atoms with Crippen molar-refractivity contribution >= 4 is 5.78 Å². The molecule has 0 heterocycles. The molecular formula is C14H18O2. The van der Waals surface area contributed by atoms with Crippen LogP contribution in [0.1, 0.15) is 43.0 Å². The number of phenols is 1. The van der Waals surface area contributed by atoms with Gasteiger partial charge in [-0.1, -0.05) is 17.7 Å². The summed E-state index contributed by atoms with van der Waals surface area (Å²) in [6, 6.07) is 6.69. The fraction of sp³-hybridized carbons (Fsp3) is 0.357. The van der Waals surface area contributed by atoms with Crippen molar-refractivity contribution in [2.45, 2.75) is 32.6 Å². The van der Waals surface area contributed by atoms with Crippen molar-refractivity contribution in [3.8, 4) is 5.75 Å². The molecule has 2 nitrogen and oxygen atoms in total. The van der Waals surface area contributed by atoms with Gasteiger partial charge in [0.25, 0.3) is 0 Å². The minimum absolute atomic E-state index is 0.0137. The van der Waals surface area contributed by atoms with Crippen LogP contribution in [0.5, 0.6) is 5.75 Å². The van der Waals surface area contributed by atoms with E-state index in [1.54, 1.807) is 24.3 Å². The summed E-state index contributed by atoms with van der Waals surface area (Å²) in [5, 5.41) is 9.49. The molecule has 0 atom stereocenters. The highest BCUT2D eigenvalue weighted by Gasteiger charge is 2.09. The average Bonchev–Trinajstić information content (AvgIpc) is 2.24. The summed E-state index contributed by atoms with van der Waals surface area (Å²) in [5.41, 5.74) is 1.58. The zero-order valence-corrected chi connectivity index (χ0v) is 9.70. The minimum Gasteiger partial charge on any atom is -0.507 e. The van der Waals surface area contributed by atoms with Crippen molar-refractivity contribution in [1.82, 2.24) is 0 Å². The SMILES string of the molecule is C=C(C)CCCCC(=O)c1ccccc1O. The summed E-state index contributed by atoms with van der Waals surface area (Å²) in [4.78, 5) is 11.7. The zero-order valence-electron chi connectivity index (χ0n) is 9.70. The van der Waals surface area contributed by atoms with Crippen molar-refractivity contribution in [2.24, 2.45) is 0 Å². The summed E-state index contributed by atoms with van der Waals surface area (Å²) in [6.45, 7) is 5.81. The van der Waals surface area contributed by atoms with Gasteiger partial charge in [-0.3, -0.25) is 4.79 Å². The number of unbranched alkanes of at least 4 members (excludes halogenated alkanes) is 1. The van der Waals surface area contributed by atoms with E-state index >= 15 is 0 Å². The smallest absolute Gasteiger partial charge is 0.166 e. The van der Waals surface area contributed by atoms with Crippen LogP contribution in [0.25, 0.3) is 0 Å². The third-order valence-electron chi connectivity index (χ3n) is 2.46. The molecule has 1 rings (SSSR count). The maximum atomic E-state index is 11.7. The molecule has 0 aliphatic rings. The molecule has 1 aromatic carbocycles. The van der Waals surface area contributed by atoms with Crippen molar-refractivity contribution in [2.75, 3.05) is 0 Å². The van der Waals surface area contributed by atoms with Gasteiger partial charge in [0, 0.05) is 6.42 Å². The van der Waals surface area contributed by atoms with E-state index in [0.717, 1.165) is 24.8 Å². The standard InChI is InChI=1S/C14H18O2/c1-11(2)7-3-5-9-13(15)12-8-4-6-10-14(12)16/h4,6,8,10,16H,1,3,5,7,9H2,2H3. The summed E-state index contributed by atoms with van der Waals surface area (Å²) in [7, 11) is 0. The van der Waals surface area contributed by atoms with E-state index in [1.807, 2.05) is 6.92 Å². The first-order chi connectivity index (χ1) is 7.61. The molecule has 1 aromatic rings. The van der Waals surface area contributed by atoms with E-state index in [1.165, 1.54) is 0 Å². The largest absolute Gasteiger partial charge is 0.507 e. The average molecular weight is 218 g/mol. The second kappa shape index (κ2) is 6.11. The van der Waals surface area contributed by atoms with E-state index in [-0.39, 0.29) is 11.5 Å². The predicted octanol–water partition coefficient (Wildman–Crippen LogP) is 3.71. The first-order valence-corrected chi connectivity index (χ1v) is 5.57. The fourth-order valence-corrected chi connectivity index (χ4v) is 1.56. The van der Waals surface area contributed by atoms with Crippen molar-refractivity contribution in [1.29, 1.82) is 0 Å². The molecular weight excluding hydrogens is 200 g/mol. The maximum Gasteiger partial charge on any atom is 0.166 e. The zero-order chi connectivity index (χ0) is 12.0. The number of hydrogen-bond donors (Lipinski definition) is 1. The Morgan fingerprint density at radius 1 is 1.25 bits per heavy atom. The molecule has 0 saturated carbocycles. The van der Waals surface area contributed by atoms with Crippen LogP contribution in [0.3, 0.4) is 0 Å². The van der Waals surface area contributed by atoms with Crippen LogP contribution in [0.15, 0.2) is 36.4 Å². The monoisotopic (exact) mass is 218 g/mol. The number of para-hydroxylation sites is 1. The molecule has 0 aliphatic carbocycles. The molecule has 0 saturated heterocycles. The van der Waals surface area contributed by atoms with E-state index < -0.39 is 0 Å². The number of carbonyl (C=O) groups is 1. The Bertz CT molecular complexity index is 380. The van der Waals surface area contributed by atoms with E-state index in [0.29, 0.717) is 12.0 Å². The lowest BCUT2D eigenvalue weighted by Gasteiger charge is -2.03. The molecule has 16 heavy (non-hydrogen) atoms. The minimum atomic E-state index is 0.0137. The Kier molecular flexibility index (Phi) is 4.77. The number of rotatable bonds is 6. The van der Waals surface area contributed by atoms with Gasteiger partial charge < -0.3 is 5.11 Å². The summed E-state index contributed by atoms with van der Waals surface area (Å²) in [5.74, 6) is 0.0900. The topological polar surface area (TPSA) is 37.3 Å². The quantitative estimate of drug-likeness (QED) is 0.449. The van der Waals surface area contributed by atoms with E-state index in [4.69, 9.17) is 0 Å². The van der Waals surface area contributed by atoms with Crippen LogP contribution in [-0.2, 0) is 0 Å². The summed E-state index contributed by atoms with van der Waals surface area (Å²) < 4.78 is 0. The molecule has 86 valence electrons. The highest BCUT2D eigenvalue weighted by molar-refractivity contribution is 5.98. The predicted molar refractivity (Wildman–Crippen MR) is 65.7 cm³/mol. The highest BCUT2D eigenvalue weighted by Crippen LogP contribution is 2.19.